The number of benzene rings is 1. The van der Waals surface area contributed by atoms with Crippen LogP contribution >= 0.6 is 11.6 Å². The van der Waals surface area contributed by atoms with Gasteiger partial charge in [0.25, 0.3) is 0 Å². The van der Waals surface area contributed by atoms with Crippen molar-refractivity contribution in [2.45, 2.75) is 6.61 Å². The van der Waals surface area contributed by atoms with E-state index in [1.54, 1.807) is 24.3 Å². The van der Waals surface area contributed by atoms with Gasteiger partial charge in [0, 0.05) is 11.2 Å². The summed E-state index contributed by atoms with van der Waals surface area (Å²) in [6.45, 7) is 0.0716. The van der Waals surface area contributed by atoms with Crippen molar-refractivity contribution >= 4 is 23.5 Å². The summed E-state index contributed by atoms with van der Waals surface area (Å²) in [5, 5.41) is 18.5. The van der Waals surface area contributed by atoms with Crippen molar-refractivity contribution in [3.8, 4) is 5.75 Å². The second-order valence-electron chi connectivity index (χ2n) is 4.10. The average Bonchev–Trinajstić information content (AvgIpc) is 2.46. The Hall–Kier alpha value is -2.60. The van der Waals surface area contributed by atoms with Crippen LogP contribution in [0, 0.1) is 0 Å². The number of carbonyl (C=O) groups is 2. The molecule has 0 saturated carbocycles. The number of carboxylic acids is 2. The zero-order chi connectivity index (χ0) is 15.4. The standard InChI is InChI=1S/C14H10ClNO5/c15-10-3-1-8(2-4-10)7-21-11-5-9(13(17)18)6-16-12(11)14(19)20/h1-6H,7H2,(H,17,18)(H,19,20). The van der Waals surface area contributed by atoms with Crippen LogP contribution < -0.4 is 4.74 Å². The molecule has 1 aromatic carbocycles. The fourth-order valence-corrected chi connectivity index (χ4v) is 1.70. The highest BCUT2D eigenvalue weighted by molar-refractivity contribution is 6.30. The molecule has 1 heterocycles. The summed E-state index contributed by atoms with van der Waals surface area (Å²) in [6.07, 6.45) is 0.973. The third-order valence-corrected chi connectivity index (χ3v) is 2.86. The minimum absolute atomic E-state index is 0.0716. The summed E-state index contributed by atoms with van der Waals surface area (Å²) in [5.74, 6) is -2.61. The van der Waals surface area contributed by atoms with Gasteiger partial charge >= 0.3 is 11.9 Å². The van der Waals surface area contributed by atoms with Gasteiger partial charge in [-0.1, -0.05) is 23.7 Å². The lowest BCUT2D eigenvalue weighted by atomic mass is 10.2. The van der Waals surface area contributed by atoms with Crippen LogP contribution in [0.25, 0.3) is 0 Å². The molecule has 2 aromatic rings. The van der Waals surface area contributed by atoms with Gasteiger partial charge in [-0.3, -0.25) is 0 Å². The highest BCUT2D eigenvalue weighted by atomic mass is 35.5. The van der Waals surface area contributed by atoms with E-state index in [0.29, 0.717) is 5.02 Å². The molecule has 0 atom stereocenters. The molecule has 0 fully saturated rings. The van der Waals surface area contributed by atoms with Crippen molar-refractivity contribution in [3.05, 3.63) is 58.4 Å². The molecular formula is C14H10ClNO5. The van der Waals surface area contributed by atoms with Crippen molar-refractivity contribution in [3.63, 3.8) is 0 Å². The van der Waals surface area contributed by atoms with Gasteiger partial charge in [-0.2, -0.15) is 0 Å². The number of nitrogens with zero attached hydrogens (tertiary/aromatic N) is 1. The van der Waals surface area contributed by atoms with Crippen LogP contribution in [0.2, 0.25) is 5.02 Å². The molecule has 0 aliphatic carbocycles. The minimum Gasteiger partial charge on any atom is -0.486 e. The molecule has 0 radical (unpaired) electrons. The lowest BCUT2D eigenvalue weighted by Gasteiger charge is -2.09. The lowest BCUT2D eigenvalue weighted by Crippen LogP contribution is -2.08. The molecule has 1 aromatic heterocycles. The van der Waals surface area contributed by atoms with Gasteiger partial charge in [-0.15, -0.1) is 0 Å². The molecule has 0 spiro atoms. The Labute approximate surface area is 124 Å². The number of rotatable bonds is 5. The normalized spacial score (nSPS) is 10.1. The fraction of sp³-hybridized carbons (Fsp3) is 0.0714. The van der Waals surface area contributed by atoms with Crippen molar-refractivity contribution in [1.82, 2.24) is 4.98 Å². The Morgan fingerprint density at radius 3 is 2.38 bits per heavy atom. The molecule has 6 nitrogen and oxygen atoms in total. The molecule has 0 saturated heterocycles. The smallest absolute Gasteiger partial charge is 0.358 e. The Kier molecular flexibility index (Phi) is 4.39. The molecule has 21 heavy (non-hydrogen) atoms. The number of pyridine rings is 1. The van der Waals surface area contributed by atoms with Crippen LogP contribution in [0.4, 0.5) is 0 Å². The molecule has 108 valence electrons. The SMILES string of the molecule is O=C(O)c1cnc(C(=O)O)c(OCc2ccc(Cl)cc2)c1. The first-order valence-corrected chi connectivity index (χ1v) is 6.19. The van der Waals surface area contributed by atoms with Crippen molar-refractivity contribution in [1.29, 1.82) is 0 Å². The predicted molar refractivity (Wildman–Crippen MR) is 73.9 cm³/mol. The number of hydrogen-bond acceptors (Lipinski definition) is 4. The Balaban J connectivity index is 2.24. The summed E-state index contributed by atoms with van der Waals surface area (Å²) in [4.78, 5) is 25.5. The molecule has 7 heteroatoms. The maximum Gasteiger partial charge on any atom is 0.358 e. The van der Waals surface area contributed by atoms with Gasteiger partial charge in [0.2, 0.25) is 0 Å². The lowest BCUT2D eigenvalue weighted by molar-refractivity contribution is 0.0670. The Bertz CT molecular complexity index is 684. The van der Waals surface area contributed by atoms with E-state index in [9.17, 15) is 9.59 Å². The Morgan fingerprint density at radius 2 is 1.81 bits per heavy atom. The predicted octanol–water partition coefficient (Wildman–Crippen LogP) is 2.71. The second-order valence-corrected chi connectivity index (χ2v) is 4.53. The first-order chi connectivity index (χ1) is 9.97. The number of aromatic carboxylic acids is 2. The van der Waals surface area contributed by atoms with Crippen LogP contribution in [0.3, 0.4) is 0 Å². The van der Waals surface area contributed by atoms with Crippen molar-refractivity contribution in [2.24, 2.45) is 0 Å². The zero-order valence-electron chi connectivity index (χ0n) is 10.6. The number of ether oxygens (including phenoxy) is 1. The van der Waals surface area contributed by atoms with Crippen LogP contribution in [-0.2, 0) is 6.61 Å². The third-order valence-electron chi connectivity index (χ3n) is 2.61. The van der Waals surface area contributed by atoms with Crippen LogP contribution in [0.5, 0.6) is 5.75 Å². The molecule has 2 rings (SSSR count). The number of hydrogen-bond donors (Lipinski definition) is 2. The van der Waals surface area contributed by atoms with Crippen molar-refractivity contribution < 1.29 is 24.5 Å². The summed E-state index contributed by atoms with van der Waals surface area (Å²) >= 11 is 5.76. The first-order valence-electron chi connectivity index (χ1n) is 5.81. The van der Waals surface area contributed by atoms with Gasteiger partial charge < -0.3 is 14.9 Å². The Morgan fingerprint density at radius 1 is 1.14 bits per heavy atom. The fourth-order valence-electron chi connectivity index (χ4n) is 1.57. The van der Waals surface area contributed by atoms with Gasteiger partial charge in [-0.05, 0) is 23.8 Å². The van der Waals surface area contributed by atoms with Crippen LogP contribution in [0.1, 0.15) is 26.4 Å². The molecular weight excluding hydrogens is 298 g/mol. The number of aromatic nitrogens is 1. The van der Waals surface area contributed by atoms with E-state index < -0.39 is 11.9 Å². The highest BCUT2D eigenvalue weighted by Gasteiger charge is 2.16. The molecule has 0 amide bonds. The van der Waals surface area contributed by atoms with E-state index in [1.807, 2.05) is 0 Å². The molecule has 0 bridgehead atoms. The van der Waals surface area contributed by atoms with Crippen LogP contribution in [0.15, 0.2) is 36.5 Å². The molecule has 2 N–H and O–H groups in total. The van der Waals surface area contributed by atoms with E-state index in [1.165, 1.54) is 0 Å². The largest absolute Gasteiger partial charge is 0.486 e. The molecule has 0 aliphatic rings. The zero-order valence-corrected chi connectivity index (χ0v) is 11.4. The van der Waals surface area contributed by atoms with Gasteiger partial charge in [0.1, 0.15) is 6.61 Å². The topological polar surface area (TPSA) is 96.7 Å². The quantitative estimate of drug-likeness (QED) is 0.881. The first kappa shape index (κ1) is 14.8. The summed E-state index contributed by atoms with van der Waals surface area (Å²) in [6, 6.07) is 7.91. The molecule has 0 aliphatic heterocycles. The van der Waals surface area contributed by atoms with E-state index in [2.05, 4.69) is 4.98 Å². The highest BCUT2D eigenvalue weighted by Crippen LogP contribution is 2.20. The van der Waals surface area contributed by atoms with Crippen LogP contribution in [-0.4, -0.2) is 27.1 Å². The maximum atomic E-state index is 11.1. The van der Waals surface area contributed by atoms with E-state index in [0.717, 1.165) is 17.8 Å². The van der Waals surface area contributed by atoms with Crippen molar-refractivity contribution in [2.75, 3.05) is 0 Å². The maximum absolute atomic E-state index is 11.1. The molecule has 0 unspecified atom stereocenters. The third kappa shape index (κ3) is 3.70. The number of halogens is 1. The van der Waals surface area contributed by atoms with Gasteiger partial charge in [0.15, 0.2) is 11.4 Å². The van der Waals surface area contributed by atoms with Gasteiger partial charge in [-0.25, -0.2) is 14.6 Å². The monoisotopic (exact) mass is 307 g/mol. The van der Waals surface area contributed by atoms with E-state index in [4.69, 9.17) is 26.6 Å². The summed E-state index contributed by atoms with van der Waals surface area (Å²) < 4.78 is 5.37. The van der Waals surface area contributed by atoms with E-state index >= 15 is 0 Å². The second kappa shape index (κ2) is 6.23. The average molecular weight is 308 g/mol. The van der Waals surface area contributed by atoms with E-state index in [-0.39, 0.29) is 23.6 Å². The minimum atomic E-state index is -1.29. The summed E-state index contributed by atoms with van der Waals surface area (Å²) in [5.41, 5.74) is 0.275. The number of carboxylic acid groups (broad SMARTS) is 2. The van der Waals surface area contributed by atoms with Gasteiger partial charge in [0.05, 0.1) is 5.56 Å². The summed E-state index contributed by atoms with van der Waals surface area (Å²) in [7, 11) is 0.